The minimum absolute atomic E-state index is 0. The summed E-state index contributed by atoms with van der Waals surface area (Å²) in [6, 6.07) is 8.94. The van der Waals surface area contributed by atoms with Gasteiger partial charge < -0.3 is 15.6 Å². The third-order valence-electron chi connectivity index (χ3n) is 3.87. The number of hydrogen-bond acceptors (Lipinski definition) is 6. The molecule has 2 heterocycles. The SMILES string of the molecule is Cl.NCc1nc(-c2ccc(NC(=O)c3cc(C4CC4)on3)cc2)n[nH]1. The van der Waals surface area contributed by atoms with Crippen molar-refractivity contribution < 1.29 is 9.32 Å². The lowest BCUT2D eigenvalue weighted by atomic mass is 10.2. The van der Waals surface area contributed by atoms with Gasteiger partial charge in [0, 0.05) is 23.2 Å². The zero-order valence-electron chi connectivity index (χ0n) is 13.2. The van der Waals surface area contributed by atoms with Gasteiger partial charge in [0.2, 0.25) is 0 Å². The van der Waals surface area contributed by atoms with E-state index in [1.54, 1.807) is 18.2 Å². The minimum atomic E-state index is -0.290. The van der Waals surface area contributed by atoms with Crippen molar-refractivity contribution >= 4 is 24.0 Å². The molecule has 0 aliphatic heterocycles. The molecular formula is C16H17ClN6O2. The van der Waals surface area contributed by atoms with Crippen LogP contribution in [-0.2, 0) is 6.54 Å². The molecule has 1 saturated carbocycles. The predicted octanol–water partition coefficient (Wildman–Crippen LogP) is 2.47. The molecule has 1 amide bonds. The maximum Gasteiger partial charge on any atom is 0.277 e. The van der Waals surface area contributed by atoms with Gasteiger partial charge in [-0.3, -0.25) is 9.89 Å². The number of anilines is 1. The van der Waals surface area contributed by atoms with E-state index in [0.717, 1.165) is 24.2 Å². The molecular weight excluding hydrogens is 344 g/mol. The van der Waals surface area contributed by atoms with Crippen LogP contribution >= 0.6 is 12.4 Å². The Kier molecular flexibility index (Phi) is 4.82. The van der Waals surface area contributed by atoms with Gasteiger partial charge in [0.15, 0.2) is 11.5 Å². The zero-order chi connectivity index (χ0) is 16.5. The van der Waals surface area contributed by atoms with Gasteiger partial charge in [-0.05, 0) is 37.1 Å². The van der Waals surface area contributed by atoms with Gasteiger partial charge >= 0.3 is 0 Å². The summed E-state index contributed by atoms with van der Waals surface area (Å²) in [6.45, 7) is 0.307. The molecule has 4 N–H and O–H groups in total. The van der Waals surface area contributed by atoms with Gasteiger partial charge in [0.05, 0.1) is 6.54 Å². The summed E-state index contributed by atoms with van der Waals surface area (Å²) in [6.07, 6.45) is 2.20. The number of nitrogens with one attached hydrogen (secondary N) is 2. The quantitative estimate of drug-likeness (QED) is 0.642. The highest BCUT2D eigenvalue weighted by Gasteiger charge is 2.28. The van der Waals surface area contributed by atoms with E-state index in [-0.39, 0.29) is 18.3 Å². The zero-order valence-corrected chi connectivity index (χ0v) is 14.0. The van der Waals surface area contributed by atoms with Gasteiger partial charge in [0.1, 0.15) is 11.6 Å². The van der Waals surface area contributed by atoms with Gasteiger partial charge in [-0.2, -0.15) is 5.10 Å². The molecule has 1 aliphatic carbocycles. The van der Waals surface area contributed by atoms with Crippen molar-refractivity contribution in [3.8, 4) is 11.4 Å². The molecule has 3 aromatic rings. The Labute approximate surface area is 149 Å². The van der Waals surface area contributed by atoms with Crippen LogP contribution in [0.1, 0.15) is 40.8 Å². The molecule has 0 bridgehead atoms. The summed E-state index contributed by atoms with van der Waals surface area (Å²) in [5, 5.41) is 13.5. The average molecular weight is 361 g/mol. The van der Waals surface area contributed by atoms with Gasteiger partial charge in [-0.15, -0.1) is 12.4 Å². The molecule has 0 unspecified atom stereocenters. The second kappa shape index (κ2) is 7.04. The van der Waals surface area contributed by atoms with E-state index >= 15 is 0 Å². The Morgan fingerprint density at radius 2 is 2.08 bits per heavy atom. The number of nitrogens with zero attached hydrogens (tertiary/aromatic N) is 3. The molecule has 0 radical (unpaired) electrons. The molecule has 130 valence electrons. The van der Waals surface area contributed by atoms with Crippen LogP contribution in [0.4, 0.5) is 5.69 Å². The first-order chi connectivity index (χ1) is 11.7. The second-order valence-electron chi connectivity index (χ2n) is 5.73. The van der Waals surface area contributed by atoms with Crippen molar-refractivity contribution in [3.05, 3.63) is 47.6 Å². The van der Waals surface area contributed by atoms with Crippen molar-refractivity contribution in [1.29, 1.82) is 0 Å². The molecule has 9 heteroatoms. The standard InChI is InChI=1S/C16H16N6O2.ClH/c17-8-14-19-15(21-20-14)10-3-5-11(6-4-10)18-16(23)12-7-13(24-22-12)9-1-2-9;/h3-7,9H,1-2,8,17H2,(H,18,23)(H,19,20,21);1H. The molecule has 4 rings (SSSR count). The van der Waals surface area contributed by atoms with Crippen LogP contribution in [0.25, 0.3) is 11.4 Å². The first-order valence-electron chi connectivity index (χ1n) is 7.72. The number of halogens is 1. The fourth-order valence-electron chi connectivity index (χ4n) is 2.37. The van der Waals surface area contributed by atoms with E-state index in [1.165, 1.54) is 0 Å². The van der Waals surface area contributed by atoms with Gasteiger partial charge in [0.25, 0.3) is 5.91 Å². The topological polar surface area (TPSA) is 123 Å². The monoisotopic (exact) mass is 360 g/mol. The van der Waals surface area contributed by atoms with Crippen molar-refractivity contribution in [2.24, 2.45) is 5.73 Å². The summed E-state index contributed by atoms with van der Waals surface area (Å²) < 4.78 is 5.20. The number of amides is 1. The van der Waals surface area contributed by atoms with E-state index in [9.17, 15) is 4.79 Å². The molecule has 0 saturated heterocycles. The number of H-pyrrole nitrogens is 1. The number of rotatable bonds is 5. The lowest BCUT2D eigenvalue weighted by Crippen LogP contribution is -2.12. The molecule has 0 spiro atoms. The van der Waals surface area contributed by atoms with E-state index in [2.05, 4.69) is 25.7 Å². The summed E-state index contributed by atoms with van der Waals surface area (Å²) in [4.78, 5) is 16.5. The van der Waals surface area contributed by atoms with E-state index in [1.807, 2.05) is 12.1 Å². The molecule has 1 aliphatic rings. The fraction of sp³-hybridized carbons (Fsp3) is 0.250. The number of aromatic nitrogens is 4. The Bertz CT molecular complexity index is 869. The first kappa shape index (κ1) is 17.1. The second-order valence-corrected chi connectivity index (χ2v) is 5.73. The maximum atomic E-state index is 12.2. The van der Waals surface area contributed by atoms with Crippen LogP contribution in [0.15, 0.2) is 34.9 Å². The third-order valence-corrected chi connectivity index (χ3v) is 3.87. The average Bonchev–Trinajstić information content (AvgIpc) is 3.14. The molecule has 25 heavy (non-hydrogen) atoms. The number of hydrogen-bond donors (Lipinski definition) is 3. The summed E-state index contributed by atoms with van der Waals surface area (Å²) in [7, 11) is 0. The van der Waals surface area contributed by atoms with Crippen LogP contribution in [-0.4, -0.2) is 26.2 Å². The molecule has 8 nitrogen and oxygen atoms in total. The predicted molar refractivity (Wildman–Crippen MR) is 93.4 cm³/mol. The maximum absolute atomic E-state index is 12.2. The van der Waals surface area contributed by atoms with E-state index in [0.29, 0.717) is 35.5 Å². The van der Waals surface area contributed by atoms with Crippen molar-refractivity contribution in [3.63, 3.8) is 0 Å². The normalized spacial score (nSPS) is 13.3. The van der Waals surface area contributed by atoms with Gasteiger partial charge in [-0.1, -0.05) is 5.16 Å². The van der Waals surface area contributed by atoms with Crippen LogP contribution in [0.5, 0.6) is 0 Å². The Morgan fingerprint density at radius 3 is 2.72 bits per heavy atom. The summed E-state index contributed by atoms with van der Waals surface area (Å²) in [5.74, 6) is 2.12. The summed E-state index contributed by atoms with van der Waals surface area (Å²) in [5.41, 5.74) is 7.29. The first-order valence-corrected chi connectivity index (χ1v) is 7.72. The molecule has 1 fully saturated rings. The Morgan fingerprint density at radius 1 is 1.32 bits per heavy atom. The third kappa shape index (κ3) is 3.70. The highest BCUT2D eigenvalue weighted by molar-refractivity contribution is 6.02. The largest absolute Gasteiger partial charge is 0.360 e. The minimum Gasteiger partial charge on any atom is -0.360 e. The van der Waals surface area contributed by atoms with Crippen molar-refractivity contribution in [1.82, 2.24) is 20.3 Å². The number of aromatic amines is 1. The number of benzene rings is 1. The highest BCUT2D eigenvalue weighted by Crippen LogP contribution is 2.40. The Balaban J connectivity index is 0.00000182. The summed E-state index contributed by atoms with van der Waals surface area (Å²) >= 11 is 0. The smallest absolute Gasteiger partial charge is 0.277 e. The van der Waals surface area contributed by atoms with E-state index in [4.69, 9.17) is 10.3 Å². The molecule has 2 aromatic heterocycles. The number of nitrogens with two attached hydrogens (primary N) is 1. The van der Waals surface area contributed by atoms with Gasteiger partial charge in [-0.25, -0.2) is 4.98 Å². The van der Waals surface area contributed by atoms with Crippen LogP contribution in [0.2, 0.25) is 0 Å². The molecule has 0 atom stereocenters. The van der Waals surface area contributed by atoms with Crippen molar-refractivity contribution in [2.75, 3.05) is 5.32 Å². The lowest BCUT2D eigenvalue weighted by Gasteiger charge is -2.03. The van der Waals surface area contributed by atoms with Crippen LogP contribution in [0.3, 0.4) is 0 Å². The molecule has 1 aromatic carbocycles. The van der Waals surface area contributed by atoms with E-state index < -0.39 is 0 Å². The van der Waals surface area contributed by atoms with Crippen LogP contribution in [0, 0.1) is 0 Å². The van der Waals surface area contributed by atoms with Crippen LogP contribution < -0.4 is 11.1 Å². The highest BCUT2D eigenvalue weighted by atomic mass is 35.5. The number of carbonyl (C=O) groups excluding carboxylic acids is 1. The number of carbonyl (C=O) groups is 1. The fourth-order valence-corrected chi connectivity index (χ4v) is 2.37. The lowest BCUT2D eigenvalue weighted by molar-refractivity contribution is 0.101. The van der Waals surface area contributed by atoms with Crippen molar-refractivity contribution in [2.45, 2.75) is 25.3 Å². The Hall–Kier alpha value is -2.71.